The first kappa shape index (κ1) is 17.3. The highest BCUT2D eigenvalue weighted by atomic mass is 16.5. The number of carbonyl (C=O) groups excluding carboxylic acids is 1. The van der Waals surface area contributed by atoms with Gasteiger partial charge >= 0.3 is 0 Å². The first-order valence-electron chi connectivity index (χ1n) is 9.44. The van der Waals surface area contributed by atoms with Gasteiger partial charge in [0.25, 0.3) is 5.91 Å². The highest BCUT2D eigenvalue weighted by Crippen LogP contribution is 2.24. The standard InChI is InChI=1S/C19H26N4O3/c24-19(18-2-1-9-26-18)20-7-3-15-12-22(16-5-10-25-11-6-16)14-17-4-8-21-23(17)13-15/h1-2,4,8-9,15-16H,3,5-7,10-14H2,(H,20,24). The molecule has 2 aliphatic heterocycles. The fourth-order valence-corrected chi connectivity index (χ4v) is 3.96. The minimum Gasteiger partial charge on any atom is -0.459 e. The van der Waals surface area contributed by atoms with Crippen LogP contribution in [0.4, 0.5) is 0 Å². The molecule has 0 spiro atoms. The third-order valence-corrected chi connectivity index (χ3v) is 5.38. The zero-order valence-corrected chi connectivity index (χ0v) is 15.0. The quantitative estimate of drug-likeness (QED) is 0.884. The van der Waals surface area contributed by atoms with Crippen LogP contribution in [0.3, 0.4) is 0 Å². The normalized spacial score (nSPS) is 21.9. The van der Waals surface area contributed by atoms with Crippen molar-refractivity contribution in [2.75, 3.05) is 26.3 Å². The van der Waals surface area contributed by atoms with Crippen LogP contribution in [0.25, 0.3) is 0 Å². The predicted octanol–water partition coefficient (Wildman–Crippen LogP) is 1.91. The van der Waals surface area contributed by atoms with Gasteiger partial charge in [-0.25, -0.2) is 0 Å². The van der Waals surface area contributed by atoms with E-state index in [0.29, 0.717) is 24.3 Å². The Morgan fingerprint density at radius 2 is 2.15 bits per heavy atom. The van der Waals surface area contributed by atoms with Gasteiger partial charge in [-0.15, -0.1) is 0 Å². The molecule has 1 saturated heterocycles. The lowest BCUT2D eigenvalue weighted by molar-refractivity contribution is 0.0259. The van der Waals surface area contributed by atoms with Crippen molar-refractivity contribution in [3.63, 3.8) is 0 Å². The van der Waals surface area contributed by atoms with Crippen LogP contribution in [0.15, 0.2) is 35.1 Å². The zero-order chi connectivity index (χ0) is 17.8. The molecular formula is C19H26N4O3. The number of ether oxygens (including phenoxy) is 1. The van der Waals surface area contributed by atoms with Gasteiger partial charge in [0.2, 0.25) is 0 Å². The molecule has 1 amide bonds. The van der Waals surface area contributed by atoms with Crippen molar-refractivity contribution < 1.29 is 13.9 Å². The highest BCUT2D eigenvalue weighted by Gasteiger charge is 2.28. The van der Waals surface area contributed by atoms with Crippen LogP contribution in [-0.2, 0) is 17.8 Å². The molecule has 1 atom stereocenters. The molecule has 2 aromatic heterocycles. The fourth-order valence-electron chi connectivity index (χ4n) is 3.96. The average Bonchev–Trinajstić information content (AvgIpc) is 3.32. The molecule has 7 heteroatoms. The van der Waals surface area contributed by atoms with Crippen molar-refractivity contribution >= 4 is 5.91 Å². The van der Waals surface area contributed by atoms with Crippen molar-refractivity contribution in [1.29, 1.82) is 0 Å². The summed E-state index contributed by atoms with van der Waals surface area (Å²) in [5, 5.41) is 7.46. The Kier molecular flexibility index (Phi) is 5.36. The van der Waals surface area contributed by atoms with Gasteiger partial charge in [0.05, 0.1) is 12.0 Å². The molecule has 0 bridgehead atoms. The Labute approximate surface area is 153 Å². The van der Waals surface area contributed by atoms with Crippen molar-refractivity contribution in [2.24, 2.45) is 5.92 Å². The van der Waals surface area contributed by atoms with E-state index in [4.69, 9.17) is 9.15 Å². The van der Waals surface area contributed by atoms with Gasteiger partial charge in [-0.05, 0) is 43.4 Å². The van der Waals surface area contributed by atoms with Gasteiger partial charge in [0.15, 0.2) is 5.76 Å². The lowest BCUT2D eigenvalue weighted by Crippen LogP contribution is -2.41. The zero-order valence-electron chi connectivity index (χ0n) is 15.0. The lowest BCUT2D eigenvalue weighted by atomic mass is 10.0. The summed E-state index contributed by atoms with van der Waals surface area (Å²) in [6.07, 6.45) is 6.52. The van der Waals surface area contributed by atoms with Gasteiger partial charge in [0, 0.05) is 51.6 Å². The number of nitrogens with one attached hydrogen (secondary N) is 1. The van der Waals surface area contributed by atoms with E-state index in [9.17, 15) is 4.79 Å². The third kappa shape index (κ3) is 3.99. The van der Waals surface area contributed by atoms with E-state index in [2.05, 4.69) is 26.1 Å². The van der Waals surface area contributed by atoms with Gasteiger partial charge in [-0.2, -0.15) is 5.10 Å². The monoisotopic (exact) mass is 358 g/mol. The molecule has 140 valence electrons. The molecule has 1 N–H and O–H groups in total. The number of hydrogen-bond donors (Lipinski definition) is 1. The Bertz CT molecular complexity index is 706. The van der Waals surface area contributed by atoms with E-state index in [1.807, 2.05) is 6.20 Å². The summed E-state index contributed by atoms with van der Waals surface area (Å²) in [5.41, 5.74) is 1.28. The Balaban J connectivity index is 1.37. The third-order valence-electron chi connectivity index (χ3n) is 5.38. The van der Waals surface area contributed by atoms with Crippen LogP contribution in [0.1, 0.15) is 35.5 Å². The first-order chi connectivity index (χ1) is 12.8. The van der Waals surface area contributed by atoms with Crippen LogP contribution in [0.2, 0.25) is 0 Å². The molecule has 2 aromatic rings. The molecule has 4 heterocycles. The fraction of sp³-hybridized carbons (Fsp3) is 0.579. The maximum atomic E-state index is 12.0. The topological polar surface area (TPSA) is 72.5 Å². The average molecular weight is 358 g/mol. The summed E-state index contributed by atoms with van der Waals surface area (Å²) in [4.78, 5) is 14.6. The number of hydrogen-bond acceptors (Lipinski definition) is 5. The number of nitrogens with zero attached hydrogens (tertiary/aromatic N) is 3. The molecule has 26 heavy (non-hydrogen) atoms. The molecule has 1 fully saturated rings. The number of furan rings is 1. The second-order valence-electron chi connectivity index (χ2n) is 7.17. The second-order valence-corrected chi connectivity index (χ2v) is 7.17. The molecule has 2 aliphatic rings. The minimum atomic E-state index is -0.148. The SMILES string of the molecule is O=C(NCCC1CN(C2CCOCC2)Cc2ccnn2C1)c1ccco1. The maximum Gasteiger partial charge on any atom is 0.286 e. The number of fused-ring (bicyclic) bond motifs is 1. The van der Waals surface area contributed by atoms with Crippen LogP contribution in [0, 0.1) is 5.92 Å². The second kappa shape index (κ2) is 8.05. The molecule has 7 nitrogen and oxygen atoms in total. The molecule has 0 aromatic carbocycles. The van der Waals surface area contributed by atoms with Gasteiger partial charge in [-0.3, -0.25) is 14.4 Å². The van der Waals surface area contributed by atoms with E-state index in [-0.39, 0.29) is 5.91 Å². The summed E-state index contributed by atoms with van der Waals surface area (Å²) in [5.74, 6) is 0.671. The maximum absolute atomic E-state index is 12.0. The number of rotatable bonds is 5. The first-order valence-corrected chi connectivity index (χ1v) is 9.44. The van der Waals surface area contributed by atoms with E-state index in [1.54, 1.807) is 12.1 Å². The van der Waals surface area contributed by atoms with Crippen LogP contribution < -0.4 is 5.32 Å². The Morgan fingerprint density at radius 3 is 2.96 bits per heavy atom. The minimum absolute atomic E-state index is 0.148. The van der Waals surface area contributed by atoms with Gasteiger partial charge in [-0.1, -0.05) is 0 Å². The largest absolute Gasteiger partial charge is 0.459 e. The summed E-state index contributed by atoms with van der Waals surface area (Å²) in [6.45, 7) is 5.22. The lowest BCUT2D eigenvalue weighted by Gasteiger charge is -2.34. The Morgan fingerprint density at radius 1 is 1.27 bits per heavy atom. The molecule has 4 rings (SSSR count). The number of carbonyl (C=O) groups is 1. The number of aromatic nitrogens is 2. The molecule has 0 aliphatic carbocycles. The molecule has 1 unspecified atom stereocenters. The predicted molar refractivity (Wildman–Crippen MR) is 95.6 cm³/mol. The van der Waals surface area contributed by atoms with Gasteiger partial charge < -0.3 is 14.5 Å². The Hall–Kier alpha value is -2.12. The summed E-state index contributed by atoms with van der Waals surface area (Å²) >= 11 is 0. The summed E-state index contributed by atoms with van der Waals surface area (Å²) in [7, 11) is 0. The molecule has 0 radical (unpaired) electrons. The highest BCUT2D eigenvalue weighted by molar-refractivity contribution is 5.91. The van der Waals surface area contributed by atoms with Crippen LogP contribution in [0.5, 0.6) is 0 Å². The number of amides is 1. The van der Waals surface area contributed by atoms with Crippen LogP contribution >= 0.6 is 0 Å². The van der Waals surface area contributed by atoms with E-state index in [1.165, 1.54) is 12.0 Å². The van der Waals surface area contributed by atoms with Crippen molar-refractivity contribution in [3.05, 3.63) is 42.1 Å². The van der Waals surface area contributed by atoms with E-state index >= 15 is 0 Å². The van der Waals surface area contributed by atoms with E-state index < -0.39 is 0 Å². The van der Waals surface area contributed by atoms with Crippen molar-refractivity contribution in [2.45, 2.75) is 38.4 Å². The van der Waals surface area contributed by atoms with Gasteiger partial charge in [0.1, 0.15) is 0 Å². The molecule has 0 saturated carbocycles. The smallest absolute Gasteiger partial charge is 0.286 e. The summed E-state index contributed by atoms with van der Waals surface area (Å²) < 4.78 is 12.8. The van der Waals surface area contributed by atoms with Crippen LogP contribution in [-0.4, -0.2) is 52.9 Å². The van der Waals surface area contributed by atoms with Crippen molar-refractivity contribution in [3.8, 4) is 0 Å². The molecular weight excluding hydrogens is 332 g/mol. The van der Waals surface area contributed by atoms with E-state index in [0.717, 1.165) is 52.1 Å². The summed E-state index contributed by atoms with van der Waals surface area (Å²) in [6, 6.07) is 6.10. The van der Waals surface area contributed by atoms with Crippen molar-refractivity contribution in [1.82, 2.24) is 20.0 Å².